The summed E-state index contributed by atoms with van der Waals surface area (Å²) in [5.41, 5.74) is 3.23. The molecule has 12 heavy (non-hydrogen) atoms. The number of anilines is 1. The molecule has 1 aromatic carbocycles. The van der Waals surface area contributed by atoms with E-state index in [2.05, 4.69) is 5.32 Å². The van der Waals surface area contributed by atoms with E-state index in [9.17, 15) is 4.79 Å². The second kappa shape index (κ2) is 3.39. The molecule has 64 valence electrons. The van der Waals surface area contributed by atoms with Gasteiger partial charge in [0, 0.05) is 12.6 Å². The van der Waals surface area contributed by atoms with Crippen molar-refractivity contribution in [2.45, 2.75) is 20.8 Å². The first-order valence-electron chi connectivity index (χ1n) is 3.95. The fraction of sp³-hybridized carbons (Fsp3) is 0.300. The first kappa shape index (κ1) is 8.78. The van der Waals surface area contributed by atoms with E-state index in [1.54, 1.807) is 0 Å². The number of carbonyl (C=O) groups is 1. The summed E-state index contributed by atoms with van der Waals surface area (Å²) in [6, 6.07) is 5.87. The molecule has 1 aromatic rings. The van der Waals surface area contributed by atoms with E-state index in [0.717, 1.165) is 11.3 Å². The van der Waals surface area contributed by atoms with Gasteiger partial charge in [0.25, 0.3) is 0 Å². The zero-order valence-electron chi connectivity index (χ0n) is 7.64. The van der Waals surface area contributed by atoms with Gasteiger partial charge in [-0.25, -0.2) is 0 Å². The summed E-state index contributed by atoms with van der Waals surface area (Å²) in [6.45, 7) is 5.54. The van der Waals surface area contributed by atoms with E-state index in [-0.39, 0.29) is 5.91 Å². The molecule has 1 amide bonds. The van der Waals surface area contributed by atoms with Crippen LogP contribution < -0.4 is 5.32 Å². The summed E-state index contributed by atoms with van der Waals surface area (Å²) in [5, 5.41) is 2.77. The maximum absolute atomic E-state index is 10.8. The SMILES string of the molecule is CC(=O)Nc1cccc(C)c1C. The molecule has 0 unspecified atom stereocenters. The second-order valence-corrected chi connectivity index (χ2v) is 2.93. The van der Waals surface area contributed by atoms with Crippen LogP contribution in [0.2, 0.25) is 0 Å². The third kappa shape index (κ3) is 1.84. The van der Waals surface area contributed by atoms with E-state index in [0.29, 0.717) is 0 Å². The number of hydrogen-bond donors (Lipinski definition) is 1. The molecule has 0 fully saturated rings. The number of amides is 1. The van der Waals surface area contributed by atoms with Crippen molar-refractivity contribution in [3.63, 3.8) is 0 Å². The Labute approximate surface area is 72.6 Å². The Balaban J connectivity index is 3.00. The van der Waals surface area contributed by atoms with Crippen molar-refractivity contribution in [3.05, 3.63) is 29.3 Å². The van der Waals surface area contributed by atoms with Crippen LogP contribution in [0.1, 0.15) is 18.1 Å². The summed E-state index contributed by atoms with van der Waals surface area (Å²) >= 11 is 0. The predicted octanol–water partition coefficient (Wildman–Crippen LogP) is 2.26. The van der Waals surface area contributed by atoms with E-state index < -0.39 is 0 Å². The summed E-state index contributed by atoms with van der Waals surface area (Å²) in [5.74, 6) is -0.0244. The van der Waals surface area contributed by atoms with E-state index in [4.69, 9.17) is 0 Å². The fourth-order valence-electron chi connectivity index (χ4n) is 1.08. The Morgan fingerprint density at radius 2 is 2.00 bits per heavy atom. The van der Waals surface area contributed by atoms with Gasteiger partial charge in [0.05, 0.1) is 0 Å². The average molecular weight is 163 g/mol. The third-order valence-electron chi connectivity index (χ3n) is 1.92. The van der Waals surface area contributed by atoms with Crippen molar-refractivity contribution in [1.29, 1.82) is 0 Å². The summed E-state index contributed by atoms with van der Waals surface area (Å²) in [6.07, 6.45) is 0. The molecule has 2 nitrogen and oxygen atoms in total. The van der Waals surface area contributed by atoms with Gasteiger partial charge in [-0.3, -0.25) is 4.79 Å². The van der Waals surface area contributed by atoms with Gasteiger partial charge >= 0.3 is 0 Å². The van der Waals surface area contributed by atoms with Crippen LogP contribution in [-0.4, -0.2) is 5.91 Å². The molecule has 0 radical (unpaired) electrons. The normalized spacial score (nSPS) is 9.58. The van der Waals surface area contributed by atoms with Crippen molar-refractivity contribution >= 4 is 11.6 Å². The molecule has 0 saturated heterocycles. The smallest absolute Gasteiger partial charge is 0.221 e. The minimum absolute atomic E-state index is 0.0244. The molecule has 0 spiro atoms. The Morgan fingerprint density at radius 3 is 2.58 bits per heavy atom. The van der Waals surface area contributed by atoms with Gasteiger partial charge < -0.3 is 5.32 Å². The van der Waals surface area contributed by atoms with Gasteiger partial charge in [-0.2, -0.15) is 0 Å². The van der Waals surface area contributed by atoms with Crippen LogP contribution >= 0.6 is 0 Å². The molecule has 0 bridgehead atoms. The Hall–Kier alpha value is -1.31. The number of benzene rings is 1. The minimum atomic E-state index is -0.0244. The average Bonchev–Trinajstić information content (AvgIpc) is 1.98. The molecule has 0 aliphatic carbocycles. The summed E-state index contributed by atoms with van der Waals surface area (Å²) in [7, 11) is 0. The molecule has 0 heterocycles. The molecule has 2 heteroatoms. The number of carbonyl (C=O) groups excluding carboxylic acids is 1. The largest absolute Gasteiger partial charge is 0.326 e. The van der Waals surface area contributed by atoms with E-state index >= 15 is 0 Å². The molecule has 1 N–H and O–H groups in total. The van der Waals surface area contributed by atoms with Crippen LogP contribution in [0.15, 0.2) is 18.2 Å². The second-order valence-electron chi connectivity index (χ2n) is 2.93. The van der Waals surface area contributed by atoms with Crippen molar-refractivity contribution in [2.24, 2.45) is 0 Å². The summed E-state index contributed by atoms with van der Waals surface area (Å²) < 4.78 is 0. The van der Waals surface area contributed by atoms with Gasteiger partial charge in [0.2, 0.25) is 5.91 Å². The zero-order valence-corrected chi connectivity index (χ0v) is 7.64. The monoisotopic (exact) mass is 163 g/mol. The number of aryl methyl sites for hydroxylation is 1. The Kier molecular flexibility index (Phi) is 2.48. The van der Waals surface area contributed by atoms with Crippen molar-refractivity contribution in [2.75, 3.05) is 5.32 Å². The topological polar surface area (TPSA) is 29.1 Å². The van der Waals surface area contributed by atoms with Gasteiger partial charge in [-0.15, -0.1) is 0 Å². The molecule has 0 saturated carbocycles. The van der Waals surface area contributed by atoms with Crippen LogP contribution in [0.3, 0.4) is 0 Å². The van der Waals surface area contributed by atoms with E-state index in [1.807, 2.05) is 32.0 Å². The lowest BCUT2D eigenvalue weighted by Gasteiger charge is -2.07. The van der Waals surface area contributed by atoms with Gasteiger partial charge in [-0.05, 0) is 31.0 Å². The van der Waals surface area contributed by atoms with Gasteiger partial charge in [0.15, 0.2) is 0 Å². The van der Waals surface area contributed by atoms with Gasteiger partial charge in [0.1, 0.15) is 0 Å². The fourth-order valence-corrected chi connectivity index (χ4v) is 1.08. The molecular weight excluding hydrogens is 150 g/mol. The molecule has 0 atom stereocenters. The van der Waals surface area contributed by atoms with Crippen molar-refractivity contribution < 1.29 is 4.79 Å². The highest BCUT2D eigenvalue weighted by Crippen LogP contribution is 2.17. The van der Waals surface area contributed by atoms with Crippen LogP contribution in [0.25, 0.3) is 0 Å². The molecule has 0 aliphatic rings. The molecule has 0 aliphatic heterocycles. The highest BCUT2D eigenvalue weighted by atomic mass is 16.1. The highest BCUT2D eigenvalue weighted by molar-refractivity contribution is 5.89. The maximum atomic E-state index is 10.8. The van der Waals surface area contributed by atoms with Crippen molar-refractivity contribution in [1.82, 2.24) is 0 Å². The highest BCUT2D eigenvalue weighted by Gasteiger charge is 2.00. The first-order chi connectivity index (χ1) is 5.61. The van der Waals surface area contributed by atoms with Crippen LogP contribution in [-0.2, 0) is 4.79 Å². The minimum Gasteiger partial charge on any atom is -0.326 e. The van der Waals surface area contributed by atoms with Crippen LogP contribution in [0.4, 0.5) is 5.69 Å². The quantitative estimate of drug-likeness (QED) is 0.676. The predicted molar refractivity (Wildman–Crippen MR) is 50.2 cm³/mol. The van der Waals surface area contributed by atoms with Crippen LogP contribution in [0.5, 0.6) is 0 Å². The standard InChI is InChI=1S/C10H13NO/c1-7-5-4-6-10(8(7)2)11-9(3)12/h4-6H,1-3H3,(H,11,12). The van der Waals surface area contributed by atoms with Gasteiger partial charge in [-0.1, -0.05) is 12.1 Å². The molecule has 1 rings (SSSR count). The Morgan fingerprint density at radius 1 is 1.33 bits per heavy atom. The third-order valence-corrected chi connectivity index (χ3v) is 1.92. The van der Waals surface area contributed by atoms with Crippen LogP contribution in [0, 0.1) is 13.8 Å². The molecular formula is C10H13NO. The number of rotatable bonds is 1. The lowest BCUT2D eigenvalue weighted by molar-refractivity contribution is -0.114. The molecule has 0 aromatic heterocycles. The summed E-state index contributed by atoms with van der Waals surface area (Å²) in [4.78, 5) is 10.8. The Bertz CT molecular complexity index is 305. The lowest BCUT2D eigenvalue weighted by Crippen LogP contribution is -2.07. The number of nitrogens with one attached hydrogen (secondary N) is 1. The first-order valence-corrected chi connectivity index (χ1v) is 3.95. The zero-order chi connectivity index (χ0) is 9.14. The maximum Gasteiger partial charge on any atom is 0.221 e. The van der Waals surface area contributed by atoms with Crippen molar-refractivity contribution in [3.8, 4) is 0 Å². The number of hydrogen-bond acceptors (Lipinski definition) is 1. The van der Waals surface area contributed by atoms with E-state index in [1.165, 1.54) is 12.5 Å². The lowest BCUT2D eigenvalue weighted by atomic mass is 10.1.